The molecule has 0 spiro atoms. The van der Waals surface area contributed by atoms with Crippen LogP contribution in [0.15, 0.2) is 46.9 Å². The van der Waals surface area contributed by atoms with Gasteiger partial charge >= 0.3 is 0 Å². The van der Waals surface area contributed by atoms with Gasteiger partial charge in [-0.05, 0) is 58.2 Å². The maximum atomic E-state index is 12.1. The number of rotatable bonds is 3. The lowest BCUT2D eigenvalue weighted by Gasteiger charge is -2.07. The molecule has 2 nitrogen and oxygen atoms in total. The van der Waals surface area contributed by atoms with E-state index in [1.165, 1.54) is 5.56 Å². The molecule has 0 aliphatic heterocycles. The first-order chi connectivity index (χ1) is 9.10. The molecular weight excluding hydrogens is 326 g/mol. The van der Waals surface area contributed by atoms with Crippen LogP contribution in [0.3, 0.4) is 0 Å². The van der Waals surface area contributed by atoms with Crippen molar-refractivity contribution >= 4 is 39.1 Å². The van der Waals surface area contributed by atoms with E-state index in [0.717, 1.165) is 16.6 Å². The Labute approximate surface area is 125 Å². The Morgan fingerprint density at radius 1 is 1.26 bits per heavy atom. The fourth-order valence-electron chi connectivity index (χ4n) is 1.71. The SMILES string of the molecule is CCc1cccc(NC(=O)c2ccc(Br)c(Cl)c2)c1. The summed E-state index contributed by atoms with van der Waals surface area (Å²) < 4.78 is 0.777. The molecule has 0 saturated carbocycles. The molecule has 1 N–H and O–H groups in total. The number of anilines is 1. The predicted octanol–water partition coefficient (Wildman–Crippen LogP) is 4.92. The number of benzene rings is 2. The average Bonchev–Trinajstić information content (AvgIpc) is 2.42. The van der Waals surface area contributed by atoms with E-state index >= 15 is 0 Å². The Balaban J connectivity index is 2.18. The van der Waals surface area contributed by atoms with Gasteiger partial charge in [0.1, 0.15) is 0 Å². The molecule has 0 unspecified atom stereocenters. The number of hydrogen-bond acceptors (Lipinski definition) is 1. The van der Waals surface area contributed by atoms with Gasteiger partial charge in [-0.1, -0.05) is 30.7 Å². The summed E-state index contributed by atoms with van der Waals surface area (Å²) in [6.07, 6.45) is 0.938. The fraction of sp³-hybridized carbons (Fsp3) is 0.133. The quantitative estimate of drug-likeness (QED) is 0.846. The van der Waals surface area contributed by atoms with E-state index in [1.54, 1.807) is 18.2 Å². The van der Waals surface area contributed by atoms with Crippen molar-refractivity contribution in [2.75, 3.05) is 5.32 Å². The van der Waals surface area contributed by atoms with Gasteiger partial charge in [-0.3, -0.25) is 4.79 Å². The first-order valence-electron chi connectivity index (χ1n) is 5.95. The Kier molecular flexibility index (Phi) is 4.61. The van der Waals surface area contributed by atoms with Gasteiger partial charge in [0, 0.05) is 15.7 Å². The highest BCUT2D eigenvalue weighted by atomic mass is 79.9. The van der Waals surface area contributed by atoms with E-state index in [0.29, 0.717) is 10.6 Å². The molecule has 2 aromatic carbocycles. The summed E-state index contributed by atoms with van der Waals surface area (Å²) in [5.41, 5.74) is 2.52. The molecule has 0 heterocycles. The molecular formula is C15H13BrClNO. The molecule has 98 valence electrons. The topological polar surface area (TPSA) is 29.1 Å². The number of carbonyl (C=O) groups excluding carboxylic acids is 1. The molecule has 2 aromatic rings. The Morgan fingerprint density at radius 2 is 2.05 bits per heavy atom. The largest absolute Gasteiger partial charge is 0.322 e. The minimum absolute atomic E-state index is 0.164. The summed E-state index contributed by atoms with van der Waals surface area (Å²) in [4.78, 5) is 12.1. The van der Waals surface area contributed by atoms with Crippen molar-refractivity contribution in [1.82, 2.24) is 0 Å². The van der Waals surface area contributed by atoms with Crippen LogP contribution in [0.1, 0.15) is 22.8 Å². The van der Waals surface area contributed by atoms with E-state index in [1.807, 2.05) is 24.3 Å². The molecule has 19 heavy (non-hydrogen) atoms. The normalized spacial score (nSPS) is 10.3. The van der Waals surface area contributed by atoms with Crippen molar-refractivity contribution in [3.8, 4) is 0 Å². The van der Waals surface area contributed by atoms with Gasteiger partial charge in [-0.25, -0.2) is 0 Å². The third-order valence-electron chi connectivity index (χ3n) is 2.77. The predicted molar refractivity (Wildman–Crippen MR) is 82.9 cm³/mol. The standard InChI is InChI=1S/C15H13BrClNO/c1-2-10-4-3-5-12(8-10)18-15(19)11-6-7-13(16)14(17)9-11/h3-9H,2H2,1H3,(H,18,19). The van der Waals surface area contributed by atoms with Crippen molar-refractivity contribution in [2.45, 2.75) is 13.3 Å². The average molecular weight is 339 g/mol. The Bertz CT molecular complexity index is 613. The van der Waals surface area contributed by atoms with Gasteiger partial charge in [0.15, 0.2) is 0 Å². The number of halogens is 2. The Morgan fingerprint density at radius 3 is 2.74 bits per heavy atom. The molecule has 0 bridgehead atoms. The van der Waals surface area contributed by atoms with Crippen LogP contribution in [0.4, 0.5) is 5.69 Å². The van der Waals surface area contributed by atoms with Crippen LogP contribution >= 0.6 is 27.5 Å². The van der Waals surface area contributed by atoms with Gasteiger partial charge in [0.05, 0.1) is 5.02 Å². The minimum Gasteiger partial charge on any atom is -0.322 e. The fourth-order valence-corrected chi connectivity index (χ4v) is 2.14. The zero-order chi connectivity index (χ0) is 13.8. The maximum absolute atomic E-state index is 12.1. The highest BCUT2D eigenvalue weighted by Crippen LogP contribution is 2.23. The van der Waals surface area contributed by atoms with Crippen LogP contribution in [0.25, 0.3) is 0 Å². The van der Waals surface area contributed by atoms with E-state index in [2.05, 4.69) is 28.2 Å². The van der Waals surface area contributed by atoms with Gasteiger partial charge < -0.3 is 5.32 Å². The summed E-state index contributed by atoms with van der Waals surface area (Å²) >= 11 is 9.28. The zero-order valence-corrected chi connectivity index (χ0v) is 12.8. The summed E-state index contributed by atoms with van der Waals surface area (Å²) in [7, 11) is 0. The van der Waals surface area contributed by atoms with E-state index in [4.69, 9.17) is 11.6 Å². The molecule has 1 amide bonds. The molecule has 0 aliphatic carbocycles. The maximum Gasteiger partial charge on any atom is 0.255 e. The highest BCUT2D eigenvalue weighted by molar-refractivity contribution is 9.10. The minimum atomic E-state index is -0.164. The lowest BCUT2D eigenvalue weighted by molar-refractivity contribution is 0.102. The smallest absolute Gasteiger partial charge is 0.255 e. The number of hydrogen-bond donors (Lipinski definition) is 1. The summed E-state index contributed by atoms with van der Waals surface area (Å²) in [6, 6.07) is 12.9. The number of aryl methyl sites for hydroxylation is 1. The van der Waals surface area contributed by atoms with Crippen LogP contribution in [-0.2, 0) is 6.42 Å². The molecule has 0 fully saturated rings. The number of nitrogens with one attached hydrogen (secondary N) is 1. The van der Waals surface area contributed by atoms with E-state index in [-0.39, 0.29) is 5.91 Å². The van der Waals surface area contributed by atoms with Crippen molar-refractivity contribution in [1.29, 1.82) is 0 Å². The van der Waals surface area contributed by atoms with Crippen LogP contribution < -0.4 is 5.32 Å². The number of carbonyl (C=O) groups is 1. The van der Waals surface area contributed by atoms with Gasteiger partial charge in [-0.2, -0.15) is 0 Å². The lowest BCUT2D eigenvalue weighted by Crippen LogP contribution is -2.11. The van der Waals surface area contributed by atoms with Gasteiger partial charge in [-0.15, -0.1) is 0 Å². The van der Waals surface area contributed by atoms with Crippen molar-refractivity contribution < 1.29 is 4.79 Å². The third-order valence-corrected chi connectivity index (χ3v) is 4.01. The van der Waals surface area contributed by atoms with Crippen LogP contribution in [0.2, 0.25) is 5.02 Å². The van der Waals surface area contributed by atoms with E-state index in [9.17, 15) is 4.79 Å². The second kappa shape index (κ2) is 6.22. The Hall–Kier alpha value is -1.32. The van der Waals surface area contributed by atoms with Gasteiger partial charge in [0.25, 0.3) is 5.91 Å². The van der Waals surface area contributed by atoms with Crippen molar-refractivity contribution in [3.05, 3.63) is 63.1 Å². The zero-order valence-electron chi connectivity index (χ0n) is 10.4. The summed E-state index contributed by atoms with van der Waals surface area (Å²) in [5.74, 6) is -0.164. The van der Waals surface area contributed by atoms with Crippen molar-refractivity contribution in [3.63, 3.8) is 0 Å². The van der Waals surface area contributed by atoms with Crippen LogP contribution in [0, 0.1) is 0 Å². The lowest BCUT2D eigenvalue weighted by atomic mass is 10.1. The summed E-state index contributed by atoms with van der Waals surface area (Å²) in [5, 5.41) is 3.39. The molecule has 4 heteroatoms. The molecule has 0 radical (unpaired) electrons. The molecule has 2 rings (SSSR count). The third kappa shape index (κ3) is 3.58. The second-order valence-electron chi connectivity index (χ2n) is 4.14. The van der Waals surface area contributed by atoms with Crippen LogP contribution in [0.5, 0.6) is 0 Å². The number of amides is 1. The van der Waals surface area contributed by atoms with Crippen molar-refractivity contribution in [2.24, 2.45) is 0 Å². The first kappa shape index (κ1) is 14.1. The van der Waals surface area contributed by atoms with E-state index < -0.39 is 0 Å². The second-order valence-corrected chi connectivity index (χ2v) is 5.40. The molecule has 0 atom stereocenters. The molecule has 0 aliphatic rings. The molecule has 0 aromatic heterocycles. The highest BCUT2D eigenvalue weighted by Gasteiger charge is 2.08. The first-order valence-corrected chi connectivity index (χ1v) is 7.12. The monoisotopic (exact) mass is 337 g/mol. The summed E-state index contributed by atoms with van der Waals surface area (Å²) in [6.45, 7) is 2.08. The molecule has 0 saturated heterocycles. The van der Waals surface area contributed by atoms with Gasteiger partial charge in [0.2, 0.25) is 0 Å². The van der Waals surface area contributed by atoms with Crippen LogP contribution in [-0.4, -0.2) is 5.91 Å².